The van der Waals surface area contributed by atoms with Crippen LogP contribution in [0.1, 0.15) is 37.3 Å². The van der Waals surface area contributed by atoms with Gasteiger partial charge in [0.05, 0.1) is 16.4 Å². The van der Waals surface area contributed by atoms with Crippen molar-refractivity contribution in [1.82, 2.24) is 9.78 Å². The summed E-state index contributed by atoms with van der Waals surface area (Å²) in [5, 5.41) is 14.0. The highest BCUT2D eigenvalue weighted by Crippen LogP contribution is 2.50. The van der Waals surface area contributed by atoms with Gasteiger partial charge in [0, 0.05) is 30.2 Å². The lowest BCUT2D eigenvalue weighted by molar-refractivity contribution is -0.384. The standard InChI is InChI=1S/C18H17ClN4O4/c1-18(2)7-10-13(15(18)24)12(14-16(20-10)22(3)21-17(14)25)8-4-5-9(19)11(6-8)23(26)27/h4-6,12-13H,7H2,1-3H3,(H,21,25). The van der Waals surface area contributed by atoms with Crippen molar-refractivity contribution in [2.24, 2.45) is 23.4 Å². The predicted octanol–water partition coefficient (Wildman–Crippen LogP) is 3.11. The minimum absolute atomic E-state index is 0.00808. The molecule has 9 heteroatoms. The van der Waals surface area contributed by atoms with Crippen molar-refractivity contribution in [2.45, 2.75) is 26.2 Å². The number of nitro groups is 1. The van der Waals surface area contributed by atoms with Gasteiger partial charge in [-0.05, 0) is 18.1 Å². The van der Waals surface area contributed by atoms with Crippen LogP contribution in [0.5, 0.6) is 0 Å². The molecule has 1 saturated carbocycles. The van der Waals surface area contributed by atoms with Crippen LogP contribution in [-0.2, 0) is 11.8 Å². The third-order valence-electron chi connectivity index (χ3n) is 5.42. The molecule has 2 atom stereocenters. The van der Waals surface area contributed by atoms with E-state index in [2.05, 4.69) is 10.1 Å². The van der Waals surface area contributed by atoms with Gasteiger partial charge >= 0.3 is 0 Å². The van der Waals surface area contributed by atoms with Crippen molar-refractivity contribution in [3.05, 3.63) is 54.8 Å². The van der Waals surface area contributed by atoms with Gasteiger partial charge in [-0.15, -0.1) is 0 Å². The van der Waals surface area contributed by atoms with E-state index in [9.17, 15) is 19.7 Å². The van der Waals surface area contributed by atoms with E-state index in [1.807, 2.05) is 13.8 Å². The summed E-state index contributed by atoms with van der Waals surface area (Å²) < 4.78 is 1.52. The molecule has 27 heavy (non-hydrogen) atoms. The lowest BCUT2D eigenvalue weighted by Crippen LogP contribution is -2.32. The van der Waals surface area contributed by atoms with Crippen molar-refractivity contribution in [1.29, 1.82) is 0 Å². The highest BCUT2D eigenvalue weighted by molar-refractivity contribution is 6.32. The molecule has 1 aromatic heterocycles. The molecule has 2 unspecified atom stereocenters. The molecule has 0 radical (unpaired) electrons. The summed E-state index contributed by atoms with van der Waals surface area (Å²) in [6.07, 6.45) is 0.488. The number of ketones is 1. The van der Waals surface area contributed by atoms with E-state index in [0.717, 1.165) is 0 Å². The van der Waals surface area contributed by atoms with Gasteiger partial charge in [0.25, 0.3) is 11.2 Å². The van der Waals surface area contributed by atoms with Gasteiger partial charge in [-0.2, -0.15) is 0 Å². The molecule has 2 heterocycles. The van der Waals surface area contributed by atoms with Gasteiger partial charge in [0.1, 0.15) is 10.8 Å². The molecule has 1 aliphatic heterocycles. The minimum Gasteiger partial charge on any atom is -0.298 e. The topological polar surface area (TPSA) is 110 Å². The zero-order valence-electron chi connectivity index (χ0n) is 14.9. The molecule has 1 aliphatic carbocycles. The van der Waals surface area contributed by atoms with Crippen molar-refractivity contribution < 1.29 is 9.72 Å². The normalized spacial score (nSPS) is 23.0. The van der Waals surface area contributed by atoms with Gasteiger partial charge in [-0.1, -0.05) is 31.5 Å². The highest BCUT2D eigenvalue weighted by Gasteiger charge is 2.52. The number of hydrogen-bond acceptors (Lipinski definition) is 5. The van der Waals surface area contributed by atoms with Gasteiger partial charge in [0.2, 0.25) is 0 Å². The molecule has 1 N–H and O–H groups in total. The number of carbonyl (C=O) groups is 1. The summed E-state index contributed by atoms with van der Waals surface area (Å²) in [5.41, 5.74) is 0.359. The summed E-state index contributed by atoms with van der Waals surface area (Å²) in [6, 6.07) is 4.42. The van der Waals surface area contributed by atoms with Crippen molar-refractivity contribution in [2.75, 3.05) is 0 Å². The number of rotatable bonds is 2. The number of nitrogens with one attached hydrogen (secondary N) is 1. The second-order valence-corrected chi connectivity index (χ2v) is 8.10. The average molecular weight is 389 g/mol. The Hall–Kier alpha value is -2.74. The van der Waals surface area contributed by atoms with Crippen LogP contribution >= 0.6 is 11.6 Å². The second kappa shape index (κ2) is 5.63. The van der Waals surface area contributed by atoms with Crippen molar-refractivity contribution in [3.8, 4) is 0 Å². The molecule has 140 valence electrons. The summed E-state index contributed by atoms with van der Waals surface area (Å²) >= 11 is 5.95. The highest BCUT2D eigenvalue weighted by atomic mass is 35.5. The van der Waals surface area contributed by atoms with Crippen LogP contribution in [-0.4, -0.2) is 26.2 Å². The third-order valence-corrected chi connectivity index (χ3v) is 5.74. The van der Waals surface area contributed by atoms with Crippen LogP contribution in [0.2, 0.25) is 5.02 Å². The molecule has 2 aromatic rings. The lowest BCUT2D eigenvalue weighted by Gasteiger charge is -2.27. The molecule has 0 spiro atoms. The number of benzene rings is 1. The molecule has 2 aliphatic rings. The number of Topliss-reactive ketones (excluding diaryl/α,β-unsaturated/α-hetero) is 1. The predicted molar refractivity (Wildman–Crippen MR) is 100.0 cm³/mol. The largest absolute Gasteiger partial charge is 0.298 e. The van der Waals surface area contributed by atoms with Gasteiger partial charge in [0.15, 0.2) is 5.82 Å². The first-order valence-corrected chi connectivity index (χ1v) is 8.84. The van der Waals surface area contributed by atoms with E-state index in [1.54, 1.807) is 13.1 Å². The minimum atomic E-state index is -0.636. The molecule has 4 rings (SSSR count). The van der Waals surface area contributed by atoms with Crippen molar-refractivity contribution in [3.63, 3.8) is 0 Å². The number of hydrogen-bond donors (Lipinski definition) is 1. The van der Waals surface area contributed by atoms with E-state index in [4.69, 9.17) is 11.6 Å². The molecule has 1 fully saturated rings. The maximum atomic E-state index is 13.1. The molecule has 0 bridgehead atoms. The average Bonchev–Trinajstić information content (AvgIpc) is 2.99. The number of fused-ring (bicyclic) bond motifs is 2. The molecular weight excluding hydrogens is 372 g/mol. The first-order chi connectivity index (χ1) is 12.6. The van der Waals surface area contributed by atoms with E-state index in [0.29, 0.717) is 29.1 Å². The Morgan fingerprint density at radius 2 is 2.04 bits per heavy atom. The lowest BCUT2D eigenvalue weighted by atomic mass is 9.76. The summed E-state index contributed by atoms with van der Waals surface area (Å²) in [7, 11) is 1.67. The maximum Gasteiger partial charge on any atom is 0.288 e. The molecule has 0 amide bonds. The zero-order chi connectivity index (χ0) is 19.7. The van der Waals surface area contributed by atoms with E-state index in [-0.39, 0.29) is 22.1 Å². The molecular formula is C18H17ClN4O4. The second-order valence-electron chi connectivity index (χ2n) is 7.69. The number of aliphatic imine (C=N–C) groups is 1. The fraction of sp³-hybridized carbons (Fsp3) is 0.389. The smallest absolute Gasteiger partial charge is 0.288 e. The molecule has 8 nitrogen and oxygen atoms in total. The van der Waals surface area contributed by atoms with Crippen LogP contribution in [0.4, 0.5) is 11.5 Å². The number of carbonyl (C=O) groups excluding carboxylic acids is 1. The Kier molecular flexibility index (Phi) is 3.68. The van der Waals surface area contributed by atoms with Crippen LogP contribution in [0.3, 0.4) is 0 Å². The Bertz CT molecular complexity index is 1100. The number of halogens is 1. The van der Waals surface area contributed by atoms with E-state index < -0.39 is 22.2 Å². The summed E-state index contributed by atoms with van der Waals surface area (Å²) in [6.45, 7) is 3.71. The van der Waals surface area contributed by atoms with Gasteiger partial charge in [-0.25, -0.2) is 4.99 Å². The third kappa shape index (κ3) is 2.47. The Labute approximate surface area is 159 Å². The Morgan fingerprint density at radius 1 is 1.33 bits per heavy atom. The number of nitro benzene ring substituents is 1. The maximum absolute atomic E-state index is 13.1. The molecule has 0 saturated heterocycles. The SMILES string of the molecule is Cn1[nH]c(=O)c2c1N=C1CC(C)(C)C(=O)C1C2c1ccc(Cl)c([N+](=O)[O-])c1. The van der Waals surface area contributed by atoms with Crippen LogP contribution in [0.15, 0.2) is 28.0 Å². The van der Waals surface area contributed by atoms with Gasteiger partial charge in [-0.3, -0.25) is 29.5 Å². The van der Waals surface area contributed by atoms with E-state index >= 15 is 0 Å². The van der Waals surface area contributed by atoms with Crippen LogP contribution < -0.4 is 5.56 Å². The monoisotopic (exact) mass is 388 g/mol. The summed E-state index contributed by atoms with van der Waals surface area (Å²) in [4.78, 5) is 41.0. The van der Waals surface area contributed by atoms with E-state index in [1.165, 1.54) is 16.8 Å². The number of aryl methyl sites for hydroxylation is 1. The number of aromatic nitrogens is 2. The molecule has 1 aromatic carbocycles. The Morgan fingerprint density at radius 3 is 2.70 bits per heavy atom. The number of aromatic amines is 1. The van der Waals surface area contributed by atoms with Crippen LogP contribution in [0, 0.1) is 21.4 Å². The van der Waals surface area contributed by atoms with Gasteiger partial charge < -0.3 is 0 Å². The first-order valence-electron chi connectivity index (χ1n) is 8.46. The Balaban J connectivity index is 1.99. The fourth-order valence-corrected chi connectivity index (χ4v) is 4.35. The zero-order valence-corrected chi connectivity index (χ0v) is 15.7. The fourth-order valence-electron chi connectivity index (χ4n) is 4.16. The number of nitrogens with zero attached hydrogens (tertiary/aromatic N) is 3. The number of H-pyrrole nitrogens is 1. The van der Waals surface area contributed by atoms with Crippen molar-refractivity contribution >= 4 is 34.6 Å². The summed E-state index contributed by atoms with van der Waals surface area (Å²) in [5.74, 6) is -0.809. The van der Waals surface area contributed by atoms with Crippen LogP contribution in [0.25, 0.3) is 0 Å². The quantitative estimate of drug-likeness (QED) is 0.629. The first kappa shape index (κ1) is 17.7.